The van der Waals surface area contributed by atoms with Gasteiger partial charge < -0.3 is 20.3 Å². The minimum atomic E-state index is -4.38. The molecule has 1 aliphatic heterocycles. The van der Waals surface area contributed by atoms with Crippen LogP contribution in [0.15, 0.2) is 23.3 Å². The molecule has 0 radical (unpaired) electrons. The van der Waals surface area contributed by atoms with Gasteiger partial charge in [0.1, 0.15) is 0 Å². The lowest BCUT2D eigenvalue weighted by molar-refractivity contribution is -0.154. The molecule has 1 fully saturated rings. The van der Waals surface area contributed by atoms with Crippen LogP contribution in [0.5, 0.6) is 5.88 Å². The largest absolute Gasteiger partial charge is 0.468 e. The number of piperidine rings is 1. The summed E-state index contributed by atoms with van der Waals surface area (Å²) in [5.41, 5.74) is 0.760. The number of guanidine groups is 1. The minimum Gasteiger partial charge on any atom is -0.468 e. The van der Waals surface area contributed by atoms with E-state index in [1.54, 1.807) is 13.1 Å². The Morgan fingerprint density at radius 1 is 1.27 bits per heavy atom. The van der Waals surface area contributed by atoms with E-state index in [9.17, 15) is 13.2 Å². The summed E-state index contributed by atoms with van der Waals surface area (Å²) < 4.78 is 41.3. The molecule has 0 bridgehead atoms. The van der Waals surface area contributed by atoms with Crippen LogP contribution in [0.25, 0.3) is 0 Å². The monoisotopic (exact) mass is 373 g/mol. The second-order valence-electron chi connectivity index (χ2n) is 6.16. The van der Waals surface area contributed by atoms with Crippen molar-refractivity contribution < 1.29 is 17.9 Å². The standard InChI is InChI=1S/C17H26F3N5O/c1-21-16(23-7-10-25-8-3-2-4-9-25)24-12-14-5-6-22-15(11-14)26-13-17(18,19)20/h5-6,11H,2-4,7-10,12-13H2,1H3,(H2,21,23,24). The van der Waals surface area contributed by atoms with Crippen molar-refractivity contribution in [2.45, 2.75) is 32.0 Å². The molecule has 1 aliphatic rings. The fourth-order valence-corrected chi connectivity index (χ4v) is 2.72. The fraction of sp³-hybridized carbons (Fsp3) is 0.647. The van der Waals surface area contributed by atoms with Gasteiger partial charge in [-0.2, -0.15) is 13.2 Å². The van der Waals surface area contributed by atoms with E-state index in [-0.39, 0.29) is 5.88 Å². The van der Waals surface area contributed by atoms with Crippen LogP contribution in [-0.2, 0) is 6.54 Å². The number of nitrogens with one attached hydrogen (secondary N) is 2. The molecular weight excluding hydrogens is 347 g/mol. The lowest BCUT2D eigenvalue weighted by Crippen LogP contribution is -2.42. The third-order valence-corrected chi connectivity index (χ3v) is 4.04. The molecule has 0 spiro atoms. The van der Waals surface area contributed by atoms with Crippen LogP contribution < -0.4 is 15.4 Å². The van der Waals surface area contributed by atoms with Crippen LogP contribution >= 0.6 is 0 Å². The van der Waals surface area contributed by atoms with Crippen molar-refractivity contribution in [3.05, 3.63) is 23.9 Å². The summed E-state index contributed by atoms with van der Waals surface area (Å²) in [5, 5.41) is 6.39. The summed E-state index contributed by atoms with van der Waals surface area (Å²) in [4.78, 5) is 10.4. The van der Waals surface area contributed by atoms with Gasteiger partial charge >= 0.3 is 6.18 Å². The Balaban J connectivity index is 1.73. The maximum atomic E-state index is 12.2. The molecule has 0 aliphatic carbocycles. The van der Waals surface area contributed by atoms with Gasteiger partial charge in [-0.25, -0.2) is 4.98 Å². The number of hydrogen-bond donors (Lipinski definition) is 2. The highest BCUT2D eigenvalue weighted by Crippen LogP contribution is 2.17. The van der Waals surface area contributed by atoms with E-state index in [0.717, 1.165) is 31.7 Å². The molecule has 0 atom stereocenters. The number of alkyl halides is 3. The van der Waals surface area contributed by atoms with Crippen molar-refractivity contribution in [1.29, 1.82) is 0 Å². The predicted molar refractivity (Wildman–Crippen MR) is 94.3 cm³/mol. The first kappa shape index (κ1) is 20.3. The molecule has 146 valence electrons. The molecule has 0 saturated carbocycles. The van der Waals surface area contributed by atoms with Crippen LogP contribution in [0.3, 0.4) is 0 Å². The molecule has 9 heteroatoms. The summed E-state index contributed by atoms with van der Waals surface area (Å²) in [6, 6.07) is 3.20. The molecule has 26 heavy (non-hydrogen) atoms. The lowest BCUT2D eigenvalue weighted by atomic mass is 10.1. The Hall–Kier alpha value is -2.03. The Morgan fingerprint density at radius 2 is 2.04 bits per heavy atom. The third-order valence-electron chi connectivity index (χ3n) is 4.04. The zero-order chi connectivity index (χ0) is 18.8. The first-order valence-electron chi connectivity index (χ1n) is 8.77. The van der Waals surface area contributed by atoms with Crippen molar-refractivity contribution in [2.75, 3.05) is 39.8 Å². The van der Waals surface area contributed by atoms with Crippen molar-refractivity contribution in [2.24, 2.45) is 4.99 Å². The number of ether oxygens (including phenoxy) is 1. The normalized spacial score (nSPS) is 16.4. The van der Waals surface area contributed by atoms with Gasteiger partial charge in [-0.05, 0) is 37.6 Å². The van der Waals surface area contributed by atoms with Crippen LogP contribution in [0.4, 0.5) is 13.2 Å². The molecule has 1 aromatic rings. The summed E-state index contributed by atoms with van der Waals surface area (Å²) in [6.45, 7) is 3.10. The maximum Gasteiger partial charge on any atom is 0.422 e. The summed E-state index contributed by atoms with van der Waals surface area (Å²) in [5.74, 6) is 0.603. The number of aliphatic imine (C=N–C) groups is 1. The van der Waals surface area contributed by atoms with E-state index in [0.29, 0.717) is 12.5 Å². The lowest BCUT2D eigenvalue weighted by Gasteiger charge is -2.26. The first-order valence-corrected chi connectivity index (χ1v) is 8.77. The number of pyridine rings is 1. The third kappa shape index (κ3) is 7.90. The van der Waals surface area contributed by atoms with Gasteiger partial charge in [-0.3, -0.25) is 4.99 Å². The van der Waals surface area contributed by atoms with Crippen molar-refractivity contribution in [1.82, 2.24) is 20.5 Å². The van der Waals surface area contributed by atoms with E-state index in [2.05, 4.69) is 30.2 Å². The highest BCUT2D eigenvalue weighted by Gasteiger charge is 2.28. The number of likely N-dealkylation sites (tertiary alicyclic amines) is 1. The quantitative estimate of drug-likeness (QED) is 0.567. The van der Waals surface area contributed by atoms with Crippen LogP contribution in [0.1, 0.15) is 24.8 Å². The predicted octanol–water partition coefficient (Wildman–Crippen LogP) is 2.17. The van der Waals surface area contributed by atoms with Crippen LogP contribution in [-0.4, -0.2) is 61.9 Å². The fourth-order valence-electron chi connectivity index (χ4n) is 2.72. The Bertz CT molecular complexity index is 574. The highest BCUT2D eigenvalue weighted by atomic mass is 19.4. The molecule has 0 aromatic carbocycles. The number of nitrogens with zero attached hydrogens (tertiary/aromatic N) is 3. The van der Waals surface area contributed by atoms with Crippen molar-refractivity contribution in [3.8, 4) is 5.88 Å². The van der Waals surface area contributed by atoms with Crippen molar-refractivity contribution >= 4 is 5.96 Å². The van der Waals surface area contributed by atoms with Gasteiger partial charge in [0.25, 0.3) is 0 Å². The summed E-state index contributed by atoms with van der Waals surface area (Å²) in [6.07, 6.45) is 0.876. The van der Waals surface area contributed by atoms with Gasteiger partial charge in [-0.15, -0.1) is 0 Å². The zero-order valence-corrected chi connectivity index (χ0v) is 15.0. The van der Waals surface area contributed by atoms with Gasteiger partial charge in [-0.1, -0.05) is 6.42 Å². The van der Waals surface area contributed by atoms with Crippen LogP contribution in [0.2, 0.25) is 0 Å². The molecule has 6 nitrogen and oxygen atoms in total. The summed E-state index contributed by atoms with van der Waals surface area (Å²) >= 11 is 0. The molecule has 0 amide bonds. The van der Waals surface area contributed by atoms with E-state index in [1.165, 1.54) is 31.5 Å². The number of aromatic nitrogens is 1. The van der Waals surface area contributed by atoms with E-state index in [4.69, 9.17) is 0 Å². The summed E-state index contributed by atoms with van der Waals surface area (Å²) in [7, 11) is 1.68. The second kappa shape index (κ2) is 10.2. The highest BCUT2D eigenvalue weighted by molar-refractivity contribution is 5.79. The average Bonchev–Trinajstić information content (AvgIpc) is 2.63. The van der Waals surface area contributed by atoms with Crippen molar-refractivity contribution in [3.63, 3.8) is 0 Å². The van der Waals surface area contributed by atoms with Crippen LogP contribution in [0, 0.1) is 0 Å². The SMILES string of the molecule is CN=C(NCCN1CCCCC1)NCc1ccnc(OCC(F)(F)F)c1. The zero-order valence-electron chi connectivity index (χ0n) is 15.0. The van der Waals surface area contributed by atoms with Gasteiger partial charge in [0, 0.05) is 38.9 Å². The molecular formula is C17H26F3N5O. The van der Waals surface area contributed by atoms with Gasteiger partial charge in [0.2, 0.25) is 5.88 Å². The molecule has 0 unspecified atom stereocenters. The Labute approximate surface area is 151 Å². The average molecular weight is 373 g/mol. The molecule has 1 saturated heterocycles. The van der Waals surface area contributed by atoms with Gasteiger partial charge in [0.15, 0.2) is 12.6 Å². The van der Waals surface area contributed by atoms with E-state index >= 15 is 0 Å². The maximum absolute atomic E-state index is 12.2. The van der Waals surface area contributed by atoms with E-state index in [1.807, 2.05) is 0 Å². The molecule has 1 aromatic heterocycles. The topological polar surface area (TPSA) is 61.8 Å². The number of rotatable bonds is 7. The molecule has 2 heterocycles. The second-order valence-corrected chi connectivity index (χ2v) is 6.16. The smallest absolute Gasteiger partial charge is 0.422 e. The number of hydrogen-bond acceptors (Lipinski definition) is 4. The minimum absolute atomic E-state index is 0.0466. The Kier molecular flexibility index (Phi) is 7.96. The Morgan fingerprint density at radius 3 is 2.73 bits per heavy atom. The molecule has 2 N–H and O–H groups in total. The van der Waals surface area contributed by atoms with E-state index < -0.39 is 12.8 Å². The van der Waals surface area contributed by atoms with Gasteiger partial charge in [0.05, 0.1) is 0 Å². The number of halogens is 3. The molecule has 2 rings (SSSR count). The first-order chi connectivity index (χ1) is 12.5.